The van der Waals surface area contributed by atoms with E-state index in [0.717, 1.165) is 6.42 Å². The minimum atomic E-state index is -3.29. The van der Waals surface area contributed by atoms with E-state index < -0.39 is 14.8 Å². The molecule has 20 heavy (non-hydrogen) atoms. The highest BCUT2D eigenvalue weighted by atomic mass is 32.2. The fourth-order valence-corrected chi connectivity index (χ4v) is 3.78. The second-order valence-corrected chi connectivity index (χ2v) is 8.69. The number of piperazine rings is 1. The SMILES string of the molecule is CCC(C(N)=NO)N1CCN(S(=O)(=O)C(C)(C)C)CC1. The lowest BCUT2D eigenvalue weighted by molar-refractivity contribution is 0.160. The van der Waals surface area contributed by atoms with Crippen LogP contribution < -0.4 is 5.73 Å². The Hall–Kier alpha value is -0.860. The van der Waals surface area contributed by atoms with Crippen molar-refractivity contribution in [3.8, 4) is 0 Å². The van der Waals surface area contributed by atoms with Crippen molar-refractivity contribution in [2.24, 2.45) is 10.9 Å². The maximum Gasteiger partial charge on any atom is 0.219 e. The molecule has 0 saturated carbocycles. The molecule has 1 saturated heterocycles. The molecule has 0 bridgehead atoms. The lowest BCUT2D eigenvalue weighted by Crippen LogP contribution is -2.57. The van der Waals surface area contributed by atoms with Crippen molar-refractivity contribution in [2.75, 3.05) is 26.2 Å². The highest BCUT2D eigenvalue weighted by molar-refractivity contribution is 7.90. The maximum atomic E-state index is 12.4. The Bertz CT molecular complexity index is 448. The summed E-state index contributed by atoms with van der Waals surface area (Å²) in [5.74, 6) is 0.180. The molecule has 1 unspecified atom stereocenters. The molecule has 1 rings (SSSR count). The maximum absolute atomic E-state index is 12.4. The first-order valence-corrected chi connectivity index (χ1v) is 8.30. The van der Waals surface area contributed by atoms with Gasteiger partial charge in [-0.1, -0.05) is 12.1 Å². The molecule has 0 aromatic carbocycles. The molecule has 0 aliphatic carbocycles. The summed E-state index contributed by atoms with van der Waals surface area (Å²) in [6.45, 7) is 9.14. The second-order valence-electron chi connectivity index (χ2n) is 6.00. The van der Waals surface area contributed by atoms with Crippen molar-refractivity contribution < 1.29 is 13.6 Å². The molecule has 1 atom stereocenters. The van der Waals surface area contributed by atoms with Gasteiger partial charge in [0.2, 0.25) is 10.0 Å². The van der Waals surface area contributed by atoms with Gasteiger partial charge in [0.15, 0.2) is 5.84 Å². The number of amidine groups is 1. The van der Waals surface area contributed by atoms with Gasteiger partial charge in [-0.05, 0) is 27.2 Å². The van der Waals surface area contributed by atoms with E-state index in [1.165, 1.54) is 4.31 Å². The predicted molar refractivity (Wildman–Crippen MR) is 79.3 cm³/mol. The number of sulfonamides is 1. The molecule has 1 aliphatic rings. The van der Waals surface area contributed by atoms with Crippen molar-refractivity contribution in [3.63, 3.8) is 0 Å². The molecule has 1 heterocycles. The van der Waals surface area contributed by atoms with E-state index >= 15 is 0 Å². The summed E-state index contributed by atoms with van der Waals surface area (Å²) < 4.78 is 25.5. The quantitative estimate of drug-likeness (QED) is 0.336. The lowest BCUT2D eigenvalue weighted by Gasteiger charge is -2.39. The summed E-state index contributed by atoms with van der Waals surface area (Å²) in [6.07, 6.45) is 0.724. The Morgan fingerprint density at radius 1 is 1.30 bits per heavy atom. The molecule has 0 aromatic heterocycles. The van der Waals surface area contributed by atoms with Gasteiger partial charge in [-0.2, -0.15) is 4.31 Å². The summed E-state index contributed by atoms with van der Waals surface area (Å²) in [4.78, 5) is 2.06. The minimum absolute atomic E-state index is 0.139. The van der Waals surface area contributed by atoms with Crippen LogP contribution in [0.4, 0.5) is 0 Å². The van der Waals surface area contributed by atoms with Crippen molar-refractivity contribution >= 4 is 15.9 Å². The van der Waals surface area contributed by atoms with E-state index in [9.17, 15) is 8.42 Å². The first kappa shape index (κ1) is 17.2. The molecule has 0 amide bonds. The normalized spacial score (nSPS) is 21.9. The number of hydrogen-bond acceptors (Lipinski definition) is 5. The zero-order valence-corrected chi connectivity index (χ0v) is 13.5. The van der Waals surface area contributed by atoms with Gasteiger partial charge < -0.3 is 10.9 Å². The zero-order chi connectivity index (χ0) is 15.6. The smallest absolute Gasteiger partial charge is 0.219 e. The van der Waals surface area contributed by atoms with Gasteiger partial charge in [-0.3, -0.25) is 4.90 Å². The summed E-state index contributed by atoms with van der Waals surface area (Å²) in [5, 5.41) is 11.8. The Balaban J connectivity index is 2.74. The van der Waals surface area contributed by atoms with Crippen LogP contribution in [0.1, 0.15) is 34.1 Å². The summed E-state index contributed by atoms with van der Waals surface area (Å²) in [7, 11) is -3.29. The average Bonchev–Trinajstić information content (AvgIpc) is 2.38. The molecule has 3 N–H and O–H groups in total. The molecule has 1 fully saturated rings. The minimum Gasteiger partial charge on any atom is -0.409 e. The molecule has 0 spiro atoms. The van der Waals surface area contributed by atoms with E-state index in [-0.39, 0.29) is 11.9 Å². The third kappa shape index (κ3) is 3.42. The number of hydrogen-bond donors (Lipinski definition) is 2. The third-order valence-electron chi connectivity index (χ3n) is 3.67. The molecule has 7 nitrogen and oxygen atoms in total. The predicted octanol–water partition coefficient (Wildman–Crippen LogP) is 0.257. The molecule has 1 aliphatic heterocycles. The monoisotopic (exact) mass is 306 g/mol. The van der Waals surface area contributed by atoms with Crippen molar-refractivity contribution in [2.45, 2.75) is 44.9 Å². The van der Waals surface area contributed by atoms with Gasteiger partial charge in [0.25, 0.3) is 0 Å². The van der Waals surface area contributed by atoms with Gasteiger partial charge in [-0.15, -0.1) is 0 Å². The van der Waals surface area contributed by atoms with Gasteiger partial charge >= 0.3 is 0 Å². The average molecular weight is 306 g/mol. The molecule has 118 valence electrons. The molecule has 0 aromatic rings. The summed E-state index contributed by atoms with van der Waals surface area (Å²) in [5.41, 5.74) is 5.67. The largest absolute Gasteiger partial charge is 0.409 e. The Kier molecular flexibility index (Phi) is 5.39. The van der Waals surface area contributed by atoms with Gasteiger partial charge in [-0.25, -0.2) is 8.42 Å². The van der Waals surface area contributed by atoms with Crippen LogP contribution in [-0.4, -0.2) is 65.6 Å². The first-order valence-electron chi connectivity index (χ1n) is 6.86. The van der Waals surface area contributed by atoms with Crippen LogP contribution >= 0.6 is 0 Å². The van der Waals surface area contributed by atoms with Crippen LogP contribution in [0.3, 0.4) is 0 Å². The highest BCUT2D eigenvalue weighted by Crippen LogP contribution is 2.22. The number of nitrogens with two attached hydrogens (primary N) is 1. The number of rotatable bonds is 4. The molecule has 8 heteroatoms. The third-order valence-corrected chi connectivity index (χ3v) is 6.26. The fraction of sp³-hybridized carbons (Fsp3) is 0.917. The fourth-order valence-electron chi connectivity index (χ4n) is 2.36. The standard InChI is InChI=1S/C12H26N4O3S/c1-5-10(11(13)14-17)15-6-8-16(9-7-15)20(18,19)12(2,3)4/h10,17H,5-9H2,1-4H3,(H2,13,14). The second kappa shape index (κ2) is 6.28. The van der Waals surface area contributed by atoms with E-state index in [4.69, 9.17) is 10.9 Å². The van der Waals surface area contributed by atoms with Crippen LogP contribution in [0.25, 0.3) is 0 Å². The van der Waals surface area contributed by atoms with Crippen molar-refractivity contribution in [3.05, 3.63) is 0 Å². The summed E-state index contributed by atoms with van der Waals surface area (Å²) >= 11 is 0. The zero-order valence-electron chi connectivity index (χ0n) is 12.7. The Morgan fingerprint density at radius 2 is 1.80 bits per heavy atom. The molecular formula is C12H26N4O3S. The Morgan fingerprint density at radius 3 is 2.15 bits per heavy atom. The summed E-state index contributed by atoms with van der Waals surface area (Å²) in [6, 6.07) is -0.139. The molecular weight excluding hydrogens is 280 g/mol. The Labute approximate surface area is 121 Å². The van der Waals surface area contributed by atoms with Crippen molar-refractivity contribution in [1.29, 1.82) is 0 Å². The number of oxime groups is 1. The van der Waals surface area contributed by atoms with Gasteiger partial charge in [0, 0.05) is 26.2 Å². The van der Waals surface area contributed by atoms with E-state index in [2.05, 4.69) is 10.1 Å². The lowest BCUT2D eigenvalue weighted by atomic mass is 10.1. The first-order chi connectivity index (χ1) is 9.15. The van der Waals surface area contributed by atoms with Crippen LogP contribution in [0.5, 0.6) is 0 Å². The topological polar surface area (TPSA) is 99.2 Å². The van der Waals surface area contributed by atoms with Gasteiger partial charge in [0.05, 0.1) is 10.8 Å². The highest BCUT2D eigenvalue weighted by Gasteiger charge is 2.37. The van der Waals surface area contributed by atoms with Crippen LogP contribution in [0, 0.1) is 0 Å². The van der Waals surface area contributed by atoms with Gasteiger partial charge in [0.1, 0.15) is 0 Å². The van der Waals surface area contributed by atoms with Crippen LogP contribution in [0.15, 0.2) is 5.16 Å². The van der Waals surface area contributed by atoms with E-state index in [1.54, 1.807) is 20.8 Å². The molecule has 0 radical (unpaired) electrons. The number of nitrogens with zero attached hydrogens (tertiary/aromatic N) is 3. The van der Waals surface area contributed by atoms with E-state index in [1.807, 2.05) is 6.92 Å². The van der Waals surface area contributed by atoms with Crippen molar-refractivity contribution in [1.82, 2.24) is 9.21 Å². The van der Waals surface area contributed by atoms with Crippen LogP contribution in [-0.2, 0) is 10.0 Å². The van der Waals surface area contributed by atoms with Crippen LogP contribution in [0.2, 0.25) is 0 Å². The van der Waals surface area contributed by atoms with E-state index in [0.29, 0.717) is 26.2 Å².